The van der Waals surface area contributed by atoms with Gasteiger partial charge in [0.2, 0.25) is 5.71 Å². The summed E-state index contributed by atoms with van der Waals surface area (Å²) in [7, 11) is 0. The van der Waals surface area contributed by atoms with E-state index < -0.39 is 0 Å². The fraction of sp³-hybridized carbons (Fsp3) is 0.353. The zero-order valence-corrected chi connectivity index (χ0v) is 14.4. The molecular formula is C17H18Cl2N2O. The van der Waals surface area contributed by atoms with Gasteiger partial charge in [0.15, 0.2) is 0 Å². The summed E-state index contributed by atoms with van der Waals surface area (Å²) in [5, 5.41) is 6.05. The van der Waals surface area contributed by atoms with Gasteiger partial charge in [0.25, 0.3) is 0 Å². The van der Waals surface area contributed by atoms with Gasteiger partial charge in [-0.25, -0.2) is 4.52 Å². The van der Waals surface area contributed by atoms with E-state index in [2.05, 4.69) is 24.2 Å². The molecule has 0 saturated heterocycles. The van der Waals surface area contributed by atoms with E-state index in [1.54, 1.807) is 6.08 Å². The number of nitrogens with zero attached hydrogens (tertiary/aromatic N) is 2. The Labute approximate surface area is 139 Å². The monoisotopic (exact) mass is 336 g/mol. The van der Waals surface area contributed by atoms with Gasteiger partial charge in [-0.15, -0.1) is 0 Å². The molecule has 0 aromatic carbocycles. The second-order valence-corrected chi connectivity index (χ2v) is 6.35. The lowest BCUT2D eigenvalue weighted by molar-refractivity contribution is 0.565. The minimum Gasteiger partial charge on any atom is -0.441 e. The molecule has 1 unspecified atom stereocenters. The van der Waals surface area contributed by atoms with Gasteiger partial charge in [-0.1, -0.05) is 48.4 Å². The Kier molecular flexibility index (Phi) is 4.20. The average molecular weight is 337 g/mol. The van der Waals surface area contributed by atoms with Crippen LogP contribution in [0.1, 0.15) is 48.4 Å². The zero-order chi connectivity index (χ0) is 15.9. The molecule has 2 aromatic heterocycles. The lowest BCUT2D eigenvalue weighted by atomic mass is 9.96. The van der Waals surface area contributed by atoms with Crippen molar-refractivity contribution in [1.82, 2.24) is 9.61 Å². The number of allylic oxidation sites excluding steroid dienone is 5. The van der Waals surface area contributed by atoms with Crippen molar-refractivity contribution >= 4 is 35.0 Å². The van der Waals surface area contributed by atoms with Gasteiger partial charge in [0, 0.05) is 16.0 Å². The summed E-state index contributed by atoms with van der Waals surface area (Å²) < 4.78 is 7.87. The van der Waals surface area contributed by atoms with Crippen molar-refractivity contribution in [3.8, 4) is 0 Å². The average Bonchev–Trinajstić information content (AvgIpc) is 2.91. The quantitative estimate of drug-likeness (QED) is 0.719. The Bertz CT molecular complexity index is 808. The smallest absolute Gasteiger partial charge is 0.229 e. The van der Waals surface area contributed by atoms with Crippen LogP contribution in [-0.4, -0.2) is 9.61 Å². The number of oxazole rings is 1. The Morgan fingerprint density at radius 2 is 2.18 bits per heavy atom. The maximum absolute atomic E-state index is 6.41. The lowest BCUT2D eigenvalue weighted by Crippen LogP contribution is -2.07. The number of hydrogen-bond donors (Lipinski definition) is 0. The van der Waals surface area contributed by atoms with E-state index in [4.69, 9.17) is 27.6 Å². The van der Waals surface area contributed by atoms with E-state index in [1.165, 1.54) is 0 Å². The SMILES string of the molecule is CC/C=C/c1c(C)nn2c(C3CC=C(Cl)C=C3Cl)c(C)oc12. The molecule has 2 aromatic rings. The first-order valence-electron chi connectivity index (χ1n) is 7.40. The zero-order valence-electron chi connectivity index (χ0n) is 12.9. The predicted octanol–water partition coefficient (Wildman–Crippen LogP) is 5.70. The standard InChI is InChI=1S/C17H18Cl2N2O/c1-4-5-6-13-10(2)20-21-16(11(3)22-17(13)21)14-8-7-12(18)9-15(14)19/h5-7,9,14H,4,8H2,1-3H3/b6-5+. The second kappa shape index (κ2) is 5.98. The van der Waals surface area contributed by atoms with E-state index in [-0.39, 0.29) is 5.92 Å². The first-order valence-corrected chi connectivity index (χ1v) is 8.16. The lowest BCUT2D eigenvalue weighted by Gasteiger charge is -2.17. The molecule has 0 aliphatic heterocycles. The fourth-order valence-electron chi connectivity index (χ4n) is 2.82. The summed E-state index contributed by atoms with van der Waals surface area (Å²) in [4.78, 5) is 0. The van der Waals surface area contributed by atoms with Crippen molar-refractivity contribution in [2.75, 3.05) is 0 Å². The van der Waals surface area contributed by atoms with Crippen LogP contribution in [0.25, 0.3) is 11.8 Å². The normalized spacial score (nSPS) is 19.0. The van der Waals surface area contributed by atoms with Crippen LogP contribution in [0.15, 0.2) is 32.7 Å². The highest BCUT2D eigenvalue weighted by atomic mass is 35.5. The van der Waals surface area contributed by atoms with Crippen molar-refractivity contribution < 1.29 is 4.42 Å². The molecule has 0 N–H and O–H groups in total. The van der Waals surface area contributed by atoms with Crippen LogP contribution < -0.4 is 0 Å². The molecule has 0 fully saturated rings. The highest BCUT2D eigenvalue weighted by molar-refractivity contribution is 6.35. The largest absolute Gasteiger partial charge is 0.441 e. The third-order valence-electron chi connectivity index (χ3n) is 3.91. The summed E-state index contributed by atoms with van der Waals surface area (Å²) in [6.07, 6.45) is 9.68. The molecule has 1 atom stereocenters. The molecule has 0 spiro atoms. The van der Waals surface area contributed by atoms with E-state index >= 15 is 0 Å². The van der Waals surface area contributed by atoms with Gasteiger partial charge >= 0.3 is 0 Å². The number of halogens is 2. The number of aryl methyl sites for hydroxylation is 2. The second-order valence-electron chi connectivity index (χ2n) is 5.48. The number of hydrogen-bond acceptors (Lipinski definition) is 2. The number of fused-ring (bicyclic) bond motifs is 1. The molecule has 1 aliphatic rings. The first kappa shape index (κ1) is 15.4. The number of rotatable bonds is 3. The summed E-state index contributed by atoms with van der Waals surface area (Å²) in [5.41, 5.74) is 3.76. The van der Waals surface area contributed by atoms with E-state index in [0.29, 0.717) is 5.03 Å². The van der Waals surface area contributed by atoms with Crippen LogP contribution in [0.4, 0.5) is 0 Å². The number of aromatic nitrogens is 2. The Morgan fingerprint density at radius 3 is 2.86 bits per heavy atom. The van der Waals surface area contributed by atoms with Crippen LogP contribution in [0.3, 0.4) is 0 Å². The van der Waals surface area contributed by atoms with Crippen LogP contribution >= 0.6 is 23.2 Å². The molecule has 1 aliphatic carbocycles. The van der Waals surface area contributed by atoms with Crippen LogP contribution in [0.5, 0.6) is 0 Å². The summed E-state index contributed by atoms with van der Waals surface area (Å²) in [6, 6.07) is 0. The summed E-state index contributed by atoms with van der Waals surface area (Å²) >= 11 is 12.4. The molecule has 22 heavy (non-hydrogen) atoms. The topological polar surface area (TPSA) is 30.4 Å². The van der Waals surface area contributed by atoms with Gasteiger partial charge < -0.3 is 4.42 Å². The molecule has 0 amide bonds. The van der Waals surface area contributed by atoms with Crippen molar-refractivity contribution in [3.63, 3.8) is 0 Å². The van der Waals surface area contributed by atoms with Gasteiger partial charge in [0.1, 0.15) is 5.76 Å². The van der Waals surface area contributed by atoms with Crippen LogP contribution in [0, 0.1) is 13.8 Å². The summed E-state index contributed by atoms with van der Waals surface area (Å²) in [6.45, 7) is 6.05. The van der Waals surface area contributed by atoms with E-state index in [9.17, 15) is 0 Å². The first-order chi connectivity index (χ1) is 10.5. The highest BCUT2D eigenvalue weighted by Crippen LogP contribution is 2.39. The predicted molar refractivity (Wildman–Crippen MR) is 91.5 cm³/mol. The van der Waals surface area contributed by atoms with Gasteiger partial charge in [0.05, 0.1) is 17.0 Å². The Morgan fingerprint density at radius 1 is 1.41 bits per heavy atom. The fourth-order valence-corrected chi connectivity index (χ4v) is 3.40. The van der Waals surface area contributed by atoms with Crippen molar-refractivity contribution in [1.29, 1.82) is 0 Å². The van der Waals surface area contributed by atoms with Gasteiger partial charge in [-0.2, -0.15) is 5.10 Å². The summed E-state index contributed by atoms with van der Waals surface area (Å²) in [5.74, 6) is 0.879. The highest BCUT2D eigenvalue weighted by Gasteiger charge is 2.27. The molecule has 116 valence electrons. The van der Waals surface area contributed by atoms with Crippen molar-refractivity contribution in [2.24, 2.45) is 0 Å². The Hall–Kier alpha value is -1.45. The van der Waals surface area contributed by atoms with Gasteiger partial charge in [-0.05, 0) is 32.8 Å². The van der Waals surface area contributed by atoms with Crippen LogP contribution in [0.2, 0.25) is 0 Å². The van der Waals surface area contributed by atoms with E-state index in [0.717, 1.165) is 46.3 Å². The maximum atomic E-state index is 6.41. The minimum atomic E-state index is 0.0349. The van der Waals surface area contributed by atoms with Gasteiger partial charge in [-0.3, -0.25) is 0 Å². The molecule has 2 heterocycles. The third kappa shape index (κ3) is 2.53. The molecule has 0 saturated carbocycles. The van der Waals surface area contributed by atoms with Crippen LogP contribution in [-0.2, 0) is 0 Å². The molecular weight excluding hydrogens is 319 g/mol. The van der Waals surface area contributed by atoms with E-state index in [1.807, 2.05) is 24.4 Å². The molecule has 3 rings (SSSR count). The molecule has 3 nitrogen and oxygen atoms in total. The molecule has 0 radical (unpaired) electrons. The van der Waals surface area contributed by atoms with Crippen molar-refractivity contribution in [2.45, 2.75) is 39.5 Å². The third-order valence-corrected chi connectivity index (χ3v) is 4.54. The minimum absolute atomic E-state index is 0.0349. The molecule has 0 bridgehead atoms. The Balaban J connectivity index is 2.14. The maximum Gasteiger partial charge on any atom is 0.229 e. The van der Waals surface area contributed by atoms with Crippen molar-refractivity contribution in [3.05, 3.63) is 51.0 Å². The molecule has 5 heteroatoms.